The number of amides is 1. The van der Waals surface area contributed by atoms with Crippen molar-refractivity contribution in [3.63, 3.8) is 0 Å². The highest BCUT2D eigenvalue weighted by Gasteiger charge is 2.33. The number of aliphatic hydroxyl groups excluding tert-OH is 1. The van der Waals surface area contributed by atoms with Crippen molar-refractivity contribution < 1.29 is 14.4 Å². The number of aliphatic hydroxyl groups is 1. The monoisotopic (exact) mass is 370 g/mol. The highest BCUT2D eigenvalue weighted by atomic mass is 32.2. The molecule has 0 atom stereocenters. The summed E-state index contributed by atoms with van der Waals surface area (Å²) in [7, 11) is 0. The number of aromatic nitrogens is 1. The molecule has 3 N–H and O–H groups in total. The largest absolute Gasteiger partial charge is 0.395 e. The van der Waals surface area contributed by atoms with Crippen molar-refractivity contribution >= 4 is 23.7 Å². The first kappa shape index (κ1) is 20.2. The lowest BCUT2D eigenvalue weighted by Gasteiger charge is -2.35. The predicted octanol–water partition coefficient (Wildman–Crippen LogP) is 1.99. The van der Waals surface area contributed by atoms with Gasteiger partial charge in [0, 0.05) is 30.6 Å². The predicted molar refractivity (Wildman–Crippen MR) is 101 cm³/mol. The van der Waals surface area contributed by atoms with Crippen molar-refractivity contribution in [1.29, 1.82) is 0 Å². The van der Waals surface area contributed by atoms with Crippen molar-refractivity contribution in [3.05, 3.63) is 11.8 Å². The molecule has 2 heterocycles. The molecule has 1 saturated heterocycles. The Balaban J connectivity index is 1.93. The van der Waals surface area contributed by atoms with Gasteiger partial charge >= 0.3 is 0 Å². The van der Waals surface area contributed by atoms with Gasteiger partial charge in [-0.1, -0.05) is 31.0 Å². The van der Waals surface area contributed by atoms with Crippen molar-refractivity contribution in [2.24, 2.45) is 0 Å². The van der Waals surface area contributed by atoms with E-state index in [4.69, 9.17) is 4.52 Å². The van der Waals surface area contributed by atoms with Crippen LogP contribution in [-0.4, -0.2) is 58.0 Å². The van der Waals surface area contributed by atoms with E-state index in [9.17, 15) is 9.90 Å². The van der Waals surface area contributed by atoms with Crippen LogP contribution in [0.4, 0.5) is 5.88 Å². The number of hydrogen-bond donors (Lipinski definition) is 3. The van der Waals surface area contributed by atoms with Gasteiger partial charge in [0.25, 0.3) is 0 Å². The molecule has 25 heavy (non-hydrogen) atoms. The van der Waals surface area contributed by atoms with Gasteiger partial charge in [-0.2, -0.15) is 0 Å². The normalized spacial score (nSPS) is 17.7. The molecule has 2 rings (SSSR count). The average molecular weight is 371 g/mol. The maximum Gasteiger partial charge on any atom is 0.246 e. The highest BCUT2D eigenvalue weighted by Crippen LogP contribution is 2.25. The Morgan fingerprint density at radius 2 is 2.04 bits per heavy atom. The summed E-state index contributed by atoms with van der Waals surface area (Å²) in [5.74, 6) is 0.137. The first-order chi connectivity index (χ1) is 11.7. The van der Waals surface area contributed by atoms with E-state index in [1.54, 1.807) is 18.0 Å². The van der Waals surface area contributed by atoms with Crippen LogP contribution in [0.2, 0.25) is 0 Å². The lowest BCUT2D eigenvalue weighted by molar-refractivity contribution is -0.121. The number of rotatable bonds is 7. The van der Waals surface area contributed by atoms with E-state index in [2.05, 4.69) is 26.4 Å². The molecule has 1 amide bonds. The van der Waals surface area contributed by atoms with Crippen molar-refractivity contribution in [1.82, 2.24) is 14.8 Å². The molecular weight excluding hydrogens is 340 g/mol. The van der Waals surface area contributed by atoms with Crippen molar-refractivity contribution in [2.75, 3.05) is 31.3 Å². The molecule has 7 nitrogen and oxygen atoms in total. The van der Waals surface area contributed by atoms with E-state index < -0.39 is 11.0 Å². The minimum atomic E-state index is -0.717. The molecule has 1 aromatic rings. The molecule has 0 aromatic carbocycles. The Labute approximate surface area is 154 Å². The zero-order valence-electron chi connectivity index (χ0n) is 15.8. The number of anilines is 1. The smallest absolute Gasteiger partial charge is 0.246 e. The minimum Gasteiger partial charge on any atom is -0.395 e. The number of carbonyl (C=O) groups is 1. The number of nitrogens with zero attached hydrogens (tertiary/aromatic N) is 2. The van der Waals surface area contributed by atoms with Gasteiger partial charge in [-0.25, -0.2) is 0 Å². The summed E-state index contributed by atoms with van der Waals surface area (Å²) in [6.07, 6.45) is 4.14. The van der Waals surface area contributed by atoms with Gasteiger partial charge in [0.05, 0.1) is 17.8 Å². The van der Waals surface area contributed by atoms with E-state index >= 15 is 0 Å². The lowest BCUT2D eigenvalue weighted by Crippen LogP contribution is -2.55. The zero-order chi connectivity index (χ0) is 18.7. The maximum absolute atomic E-state index is 12.6. The molecule has 1 aromatic heterocycles. The van der Waals surface area contributed by atoms with Crippen LogP contribution in [0.3, 0.4) is 0 Å². The summed E-state index contributed by atoms with van der Waals surface area (Å²) >= 11 is 1.77. The topological polar surface area (TPSA) is 90.6 Å². The Kier molecular flexibility index (Phi) is 6.53. The minimum absolute atomic E-state index is 0.0469. The molecule has 0 aliphatic carbocycles. The third-order valence-electron chi connectivity index (χ3n) is 4.68. The van der Waals surface area contributed by atoms with Gasteiger partial charge in [0.2, 0.25) is 11.8 Å². The molecule has 1 aliphatic rings. The second-order valence-corrected chi connectivity index (χ2v) is 8.61. The highest BCUT2D eigenvalue weighted by molar-refractivity contribution is 7.96. The van der Waals surface area contributed by atoms with E-state index in [0.29, 0.717) is 17.6 Å². The Morgan fingerprint density at radius 1 is 1.40 bits per heavy atom. The van der Waals surface area contributed by atoms with Gasteiger partial charge in [-0.3, -0.25) is 14.4 Å². The van der Waals surface area contributed by atoms with Crippen LogP contribution in [-0.2, 0) is 10.2 Å². The third kappa shape index (κ3) is 5.20. The molecule has 1 aliphatic heterocycles. The van der Waals surface area contributed by atoms with Crippen LogP contribution in [0.5, 0.6) is 0 Å². The standard InChI is InChI=1S/C17H30N4O3S/c1-16(2,11-22)13-10-14(24-20-13)18-15(23)17(3,4)19-12-6-8-21(25-5)9-7-12/h10,12,19,22H,6-9,11H2,1-5H3,(H,18,23). The molecule has 0 spiro atoms. The second kappa shape index (κ2) is 8.07. The van der Waals surface area contributed by atoms with Crippen LogP contribution in [0, 0.1) is 0 Å². The number of carbonyl (C=O) groups excluding carboxylic acids is 1. The number of nitrogens with one attached hydrogen (secondary N) is 2. The van der Waals surface area contributed by atoms with Crippen LogP contribution >= 0.6 is 11.9 Å². The summed E-state index contributed by atoms with van der Waals surface area (Å²) in [6.45, 7) is 9.48. The molecule has 1 fully saturated rings. The average Bonchev–Trinajstić information content (AvgIpc) is 3.04. The molecule has 0 saturated carbocycles. The SMILES string of the molecule is CSN1CCC(NC(C)(C)C(=O)Nc2cc(C(C)(C)CO)no2)CC1. The fourth-order valence-electron chi connectivity index (χ4n) is 2.76. The van der Waals surface area contributed by atoms with Gasteiger partial charge in [0.1, 0.15) is 0 Å². The van der Waals surface area contributed by atoms with Gasteiger partial charge in [-0.05, 0) is 32.9 Å². The Morgan fingerprint density at radius 3 is 2.60 bits per heavy atom. The fraction of sp³-hybridized carbons (Fsp3) is 0.765. The van der Waals surface area contributed by atoms with Crippen molar-refractivity contribution in [2.45, 2.75) is 57.5 Å². The first-order valence-corrected chi connectivity index (χ1v) is 9.82. The van der Waals surface area contributed by atoms with Crippen LogP contribution in [0.1, 0.15) is 46.2 Å². The molecule has 142 valence electrons. The summed E-state index contributed by atoms with van der Waals surface area (Å²) < 4.78 is 7.54. The van der Waals surface area contributed by atoms with Crippen LogP contribution in [0.15, 0.2) is 10.6 Å². The quantitative estimate of drug-likeness (QED) is 0.632. The van der Waals surface area contributed by atoms with Gasteiger partial charge < -0.3 is 14.9 Å². The summed E-state index contributed by atoms with van der Waals surface area (Å²) in [5.41, 5.74) is -0.613. The van der Waals surface area contributed by atoms with E-state index in [-0.39, 0.29) is 12.5 Å². The Bertz CT molecular complexity index is 580. The van der Waals surface area contributed by atoms with E-state index in [0.717, 1.165) is 25.9 Å². The molecule has 0 radical (unpaired) electrons. The second-order valence-electron chi connectivity index (χ2n) is 7.73. The first-order valence-electron chi connectivity index (χ1n) is 8.64. The van der Waals surface area contributed by atoms with Gasteiger partial charge in [-0.15, -0.1) is 0 Å². The molecule has 0 unspecified atom stereocenters. The van der Waals surface area contributed by atoms with Crippen LogP contribution < -0.4 is 10.6 Å². The van der Waals surface area contributed by atoms with Crippen LogP contribution in [0.25, 0.3) is 0 Å². The van der Waals surface area contributed by atoms with Crippen molar-refractivity contribution in [3.8, 4) is 0 Å². The van der Waals surface area contributed by atoms with E-state index in [1.807, 2.05) is 27.7 Å². The Hall–Kier alpha value is -1.09. The maximum atomic E-state index is 12.6. The number of piperidine rings is 1. The third-order valence-corrected chi connectivity index (χ3v) is 5.56. The summed E-state index contributed by atoms with van der Waals surface area (Å²) in [4.78, 5) is 12.6. The number of hydrogen-bond acceptors (Lipinski definition) is 7. The fourth-order valence-corrected chi connectivity index (χ4v) is 3.34. The van der Waals surface area contributed by atoms with E-state index in [1.165, 1.54) is 0 Å². The lowest BCUT2D eigenvalue weighted by atomic mass is 9.91. The summed E-state index contributed by atoms with van der Waals surface area (Å²) in [5, 5.41) is 19.6. The van der Waals surface area contributed by atoms with Gasteiger partial charge in [0.15, 0.2) is 0 Å². The molecular formula is C17H30N4O3S. The molecule has 8 heteroatoms. The molecule has 0 bridgehead atoms. The summed E-state index contributed by atoms with van der Waals surface area (Å²) in [6, 6.07) is 1.99. The zero-order valence-corrected chi connectivity index (χ0v) is 16.6.